The zero-order chi connectivity index (χ0) is 20.0. The molecule has 28 heavy (non-hydrogen) atoms. The van der Waals surface area contributed by atoms with Crippen LogP contribution in [-0.2, 0) is 24.1 Å². The van der Waals surface area contributed by atoms with Crippen molar-refractivity contribution in [3.63, 3.8) is 0 Å². The molecule has 0 unspecified atom stereocenters. The number of nitrogens with zero attached hydrogens (tertiary/aromatic N) is 3. The Kier molecular flexibility index (Phi) is 5.93. The van der Waals surface area contributed by atoms with Crippen LogP contribution < -0.4 is 10.1 Å². The minimum absolute atomic E-state index is 0.0116. The van der Waals surface area contributed by atoms with Gasteiger partial charge in [-0.2, -0.15) is 18.3 Å². The van der Waals surface area contributed by atoms with Crippen LogP contribution in [0.15, 0.2) is 61.2 Å². The molecule has 0 aliphatic rings. The van der Waals surface area contributed by atoms with E-state index in [1.165, 1.54) is 18.5 Å². The van der Waals surface area contributed by atoms with E-state index in [0.29, 0.717) is 6.54 Å². The highest BCUT2D eigenvalue weighted by Gasteiger charge is 2.30. The van der Waals surface area contributed by atoms with Gasteiger partial charge >= 0.3 is 6.18 Å². The molecule has 0 atom stereocenters. The van der Waals surface area contributed by atoms with Gasteiger partial charge in [-0.25, -0.2) is 9.67 Å². The van der Waals surface area contributed by atoms with Gasteiger partial charge in [-0.05, 0) is 29.3 Å². The number of alkyl halides is 3. The smallest absolute Gasteiger partial charge is 0.416 e. The Bertz CT molecular complexity index is 910. The number of ether oxygens (including phenoxy) is 1. The van der Waals surface area contributed by atoms with Crippen LogP contribution in [0, 0.1) is 0 Å². The maximum absolute atomic E-state index is 12.7. The predicted molar refractivity (Wildman–Crippen MR) is 94.4 cm³/mol. The number of nitrogens with one attached hydrogen (secondary N) is 1. The summed E-state index contributed by atoms with van der Waals surface area (Å²) in [5.74, 6) is -0.438. The molecular formula is C19H17F3N4O2. The van der Waals surface area contributed by atoms with Gasteiger partial charge in [0.05, 0.1) is 12.1 Å². The zero-order valence-electron chi connectivity index (χ0n) is 14.7. The van der Waals surface area contributed by atoms with E-state index < -0.39 is 17.6 Å². The highest BCUT2D eigenvalue weighted by atomic mass is 19.4. The predicted octanol–water partition coefficient (Wildman–Crippen LogP) is 3.04. The lowest BCUT2D eigenvalue weighted by Gasteiger charge is -2.10. The third kappa shape index (κ3) is 5.57. The van der Waals surface area contributed by atoms with Crippen molar-refractivity contribution >= 4 is 5.91 Å². The average Bonchev–Trinajstić information content (AvgIpc) is 3.18. The Hall–Kier alpha value is -3.36. The lowest BCUT2D eigenvalue weighted by molar-refractivity contribution is -0.137. The first kappa shape index (κ1) is 19.4. The number of carbonyl (C=O) groups excluding carboxylic acids is 1. The van der Waals surface area contributed by atoms with Gasteiger partial charge in [0.25, 0.3) is 5.91 Å². The van der Waals surface area contributed by atoms with Crippen LogP contribution in [0.4, 0.5) is 13.2 Å². The SMILES string of the molecule is O=C(COc1cccc(C(F)(F)F)c1)NCc1ccc(Cn2cncn2)cc1. The molecule has 0 aliphatic carbocycles. The monoisotopic (exact) mass is 390 g/mol. The fourth-order valence-corrected chi connectivity index (χ4v) is 2.43. The van der Waals surface area contributed by atoms with Crippen molar-refractivity contribution in [1.82, 2.24) is 20.1 Å². The number of hydrogen-bond donors (Lipinski definition) is 1. The fourth-order valence-electron chi connectivity index (χ4n) is 2.43. The minimum atomic E-state index is -4.46. The second kappa shape index (κ2) is 8.55. The lowest BCUT2D eigenvalue weighted by atomic mass is 10.1. The van der Waals surface area contributed by atoms with Gasteiger partial charge < -0.3 is 10.1 Å². The number of hydrogen-bond acceptors (Lipinski definition) is 4. The maximum atomic E-state index is 12.7. The highest BCUT2D eigenvalue weighted by molar-refractivity contribution is 5.77. The van der Waals surface area contributed by atoms with E-state index in [4.69, 9.17) is 4.74 Å². The number of amides is 1. The number of carbonyl (C=O) groups is 1. The van der Waals surface area contributed by atoms with Crippen LogP contribution in [0.5, 0.6) is 5.75 Å². The summed E-state index contributed by atoms with van der Waals surface area (Å²) in [5.41, 5.74) is 1.10. The first-order chi connectivity index (χ1) is 13.4. The number of halogens is 3. The summed E-state index contributed by atoms with van der Waals surface area (Å²) < 4.78 is 44.8. The molecule has 0 aliphatic heterocycles. The van der Waals surface area contributed by atoms with Gasteiger partial charge in [0.15, 0.2) is 6.61 Å². The highest BCUT2D eigenvalue weighted by Crippen LogP contribution is 2.31. The van der Waals surface area contributed by atoms with Crippen LogP contribution in [-0.4, -0.2) is 27.3 Å². The van der Waals surface area contributed by atoms with Gasteiger partial charge in [0, 0.05) is 6.54 Å². The Morgan fingerprint density at radius 1 is 1.11 bits per heavy atom. The average molecular weight is 390 g/mol. The summed E-state index contributed by atoms with van der Waals surface area (Å²) in [7, 11) is 0. The molecule has 2 aromatic carbocycles. The Morgan fingerprint density at radius 2 is 1.86 bits per heavy atom. The van der Waals surface area contributed by atoms with Gasteiger partial charge in [-0.1, -0.05) is 30.3 Å². The Balaban J connectivity index is 1.45. The summed E-state index contributed by atoms with van der Waals surface area (Å²) >= 11 is 0. The third-order valence-electron chi connectivity index (χ3n) is 3.86. The van der Waals surface area contributed by atoms with Crippen molar-refractivity contribution in [2.75, 3.05) is 6.61 Å². The van der Waals surface area contributed by atoms with Crippen molar-refractivity contribution in [2.45, 2.75) is 19.3 Å². The molecule has 146 valence electrons. The maximum Gasteiger partial charge on any atom is 0.416 e. The Morgan fingerprint density at radius 3 is 2.54 bits per heavy atom. The van der Waals surface area contributed by atoms with E-state index in [1.807, 2.05) is 24.3 Å². The van der Waals surface area contributed by atoms with Crippen LogP contribution in [0.25, 0.3) is 0 Å². The molecule has 6 nitrogen and oxygen atoms in total. The van der Waals surface area contributed by atoms with Gasteiger partial charge in [0.1, 0.15) is 18.4 Å². The quantitative estimate of drug-likeness (QED) is 0.673. The van der Waals surface area contributed by atoms with Crippen LogP contribution in [0.2, 0.25) is 0 Å². The van der Waals surface area contributed by atoms with Crippen molar-refractivity contribution < 1.29 is 22.7 Å². The van der Waals surface area contributed by atoms with E-state index in [0.717, 1.165) is 23.3 Å². The zero-order valence-corrected chi connectivity index (χ0v) is 14.7. The second-order valence-electron chi connectivity index (χ2n) is 6.00. The van der Waals surface area contributed by atoms with Crippen LogP contribution in [0.3, 0.4) is 0 Å². The number of rotatable bonds is 7. The number of aromatic nitrogens is 3. The molecule has 0 spiro atoms. The fraction of sp³-hybridized carbons (Fsp3) is 0.211. The van der Waals surface area contributed by atoms with Crippen molar-refractivity contribution in [1.29, 1.82) is 0 Å². The molecule has 0 saturated heterocycles. The molecular weight excluding hydrogens is 373 g/mol. The second-order valence-corrected chi connectivity index (χ2v) is 6.00. The molecule has 0 saturated carbocycles. The molecule has 3 aromatic rings. The van der Waals surface area contributed by atoms with E-state index in [1.54, 1.807) is 11.0 Å². The molecule has 3 rings (SSSR count). The summed E-state index contributed by atoms with van der Waals surface area (Å²) in [6.07, 6.45) is -1.37. The molecule has 1 amide bonds. The summed E-state index contributed by atoms with van der Waals surface area (Å²) in [5, 5.41) is 6.70. The first-order valence-corrected chi connectivity index (χ1v) is 8.37. The van der Waals surface area contributed by atoms with E-state index in [2.05, 4.69) is 15.4 Å². The first-order valence-electron chi connectivity index (χ1n) is 8.37. The summed E-state index contributed by atoms with van der Waals surface area (Å²) in [6.45, 7) is 0.511. The summed E-state index contributed by atoms with van der Waals surface area (Å²) in [4.78, 5) is 15.8. The summed E-state index contributed by atoms with van der Waals surface area (Å²) in [6, 6.07) is 12.0. The van der Waals surface area contributed by atoms with E-state index in [-0.39, 0.29) is 18.9 Å². The van der Waals surface area contributed by atoms with Gasteiger partial charge in [0.2, 0.25) is 0 Å². The van der Waals surface area contributed by atoms with Gasteiger partial charge in [-0.3, -0.25) is 4.79 Å². The van der Waals surface area contributed by atoms with Crippen molar-refractivity contribution in [3.8, 4) is 5.75 Å². The normalized spacial score (nSPS) is 11.2. The van der Waals surface area contributed by atoms with Crippen molar-refractivity contribution in [2.24, 2.45) is 0 Å². The molecule has 1 heterocycles. The minimum Gasteiger partial charge on any atom is -0.484 e. The largest absolute Gasteiger partial charge is 0.484 e. The molecule has 0 fully saturated rings. The van der Waals surface area contributed by atoms with Crippen LogP contribution >= 0.6 is 0 Å². The van der Waals surface area contributed by atoms with E-state index >= 15 is 0 Å². The molecule has 0 radical (unpaired) electrons. The standard InChI is InChI=1S/C19H17F3N4O2/c20-19(21,22)16-2-1-3-17(8-16)28-11-18(27)24-9-14-4-6-15(7-5-14)10-26-13-23-12-25-26/h1-8,12-13H,9-11H2,(H,24,27). The van der Waals surface area contributed by atoms with Gasteiger partial charge in [-0.15, -0.1) is 0 Å². The van der Waals surface area contributed by atoms with Crippen LogP contribution in [0.1, 0.15) is 16.7 Å². The molecule has 1 aromatic heterocycles. The molecule has 0 bridgehead atoms. The third-order valence-corrected chi connectivity index (χ3v) is 3.86. The Labute approximate surface area is 159 Å². The van der Waals surface area contributed by atoms with E-state index in [9.17, 15) is 18.0 Å². The molecule has 9 heteroatoms. The lowest BCUT2D eigenvalue weighted by Crippen LogP contribution is -2.28. The topological polar surface area (TPSA) is 69.0 Å². The molecule has 1 N–H and O–H groups in total. The van der Waals surface area contributed by atoms with Crippen molar-refractivity contribution in [3.05, 3.63) is 77.9 Å². The number of benzene rings is 2.